The second-order valence-corrected chi connectivity index (χ2v) is 4.26. The van der Waals surface area contributed by atoms with Crippen LogP contribution in [0.5, 0.6) is 0 Å². The molecule has 0 spiro atoms. The Morgan fingerprint density at radius 1 is 1.35 bits per heavy atom. The van der Waals surface area contributed by atoms with E-state index in [-0.39, 0.29) is 24.7 Å². The predicted octanol–water partition coefficient (Wildman–Crippen LogP) is 1.12. The summed E-state index contributed by atoms with van der Waals surface area (Å²) in [5, 5.41) is 23.6. The molecule has 0 aliphatic carbocycles. The minimum absolute atomic E-state index is 0.151. The second-order valence-electron chi connectivity index (χ2n) is 4.26. The zero-order valence-corrected chi connectivity index (χ0v) is 11.6. The van der Waals surface area contributed by atoms with E-state index in [2.05, 4.69) is 10.3 Å². The largest absolute Gasteiger partial charge is 0.433 e. The van der Waals surface area contributed by atoms with Crippen molar-refractivity contribution in [3.05, 3.63) is 56.7 Å². The van der Waals surface area contributed by atoms with E-state index >= 15 is 0 Å². The third-order valence-electron chi connectivity index (χ3n) is 2.72. The van der Waals surface area contributed by atoms with Crippen LogP contribution in [0.2, 0.25) is 0 Å². The van der Waals surface area contributed by atoms with Crippen LogP contribution in [0, 0.1) is 20.2 Å². The van der Waals surface area contributed by atoms with Gasteiger partial charge in [0.05, 0.1) is 12.6 Å². The molecule has 2 rings (SSSR count). The maximum absolute atomic E-state index is 11.6. The van der Waals surface area contributed by atoms with E-state index in [1.165, 1.54) is 29.1 Å². The molecule has 0 fully saturated rings. The number of carbonyl (C=O) groups is 1. The van der Waals surface area contributed by atoms with Gasteiger partial charge in [-0.25, -0.2) is 9.55 Å². The zero-order valence-electron chi connectivity index (χ0n) is 11.6. The summed E-state index contributed by atoms with van der Waals surface area (Å²) in [6.07, 6.45) is 4.83. The molecular formula is C12H11N5O6. The van der Waals surface area contributed by atoms with Crippen LogP contribution in [-0.2, 0) is 11.3 Å². The van der Waals surface area contributed by atoms with Crippen molar-refractivity contribution in [2.24, 2.45) is 0 Å². The Bertz CT molecular complexity index is 762. The van der Waals surface area contributed by atoms with Crippen molar-refractivity contribution in [2.45, 2.75) is 6.54 Å². The summed E-state index contributed by atoms with van der Waals surface area (Å²) in [5.74, 6) is -0.890. The van der Waals surface area contributed by atoms with E-state index in [9.17, 15) is 25.0 Å². The maximum atomic E-state index is 11.6. The fourth-order valence-corrected chi connectivity index (χ4v) is 1.68. The summed E-state index contributed by atoms with van der Waals surface area (Å²) in [6, 6.07) is 2.53. The van der Waals surface area contributed by atoms with Gasteiger partial charge in [0.1, 0.15) is 23.4 Å². The molecule has 0 saturated carbocycles. The minimum Gasteiger partial charge on any atom is -0.401 e. The fraction of sp³-hybridized carbons (Fsp3) is 0.167. The van der Waals surface area contributed by atoms with Crippen molar-refractivity contribution in [2.75, 3.05) is 6.54 Å². The summed E-state index contributed by atoms with van der Waals surface area (Å²) in [4.78, 5) is 35.1. The molecule has 0 atom stereocenters. The number of nitro groups is 2. The molecule has 0 unspecified atom stereocenters. The molecule has 120 valence electrons. The van der Waals surface area contributed by atoms with E-state index in [4.69, 9.17) is 4.42 Å². The number of furan rings is 1. The molecule has 0 radical (unpaired) electrons. The van der Waals surface area contributed by atoms with Gasteiger partial charge >= 0.3 is 11.7 Å². The van der Waals surface area contributed by atoms with Crippen molar-refractivity contribution in [1.29, 1.82) is 0 Å². The third kappa shape index (κ3) is 4.23. The average molecular weight is 321 g/mol. The first-order chi connectivity index (χ1) is 11.0. The van der Waals surface area contributed by atoms with Crippen LogP contribution < -0.4 is 5.32 Å². The third-order valence-corrected chi connectivity index (χ3v) is 2.72. The molecule has 2 heterocycles. The van der Waals surface area contributed by atoms with Crippen molar-refractivity contribution < 1.29 is 19.1 Å². The van der Waals surface area contributed by atoms with E-state index < -0.39 is 21.6 Å². The lowest BCUT2D eigenvalue weighted by Gasteiger charge is -2.01. The quantitative estimate of drug-likeness (QED) is 0.456. The summed E-state index contributed by atoms with van der Waals surface area (Å²) in [6.45, 7) is 0.334. The number of nitrogens with one attached hydrogen (secondary N) is 1. The SMILES string of the molecule is O=C(C=Cc1ccc([N+](=O)[O-])o1)NCCn1cncc1[N+](=O)[O-]. The van der Waals surface area contributed by atoms with Gasteiger partial charge in [-0.3, -0.25) is 14.9 Å². The van der Waals surface area contributed by atoms with E-state index in [1.54, 1.807) is 0 Å². The van der Waals surface area contributed by atoms with Crippen LogP contribution in [-0.4, -0.2) is 31.8 Å². The Hall–Kier alpha value is -3.50. The molecule has 0 bridgehead atoms. The van der Waals surface area contributed by atoms with Gasteiger partial charge in [0.15, 0.2) is 6.33 Å². The molecule has 2 aromatic rings. The van der Waals surface area contributed by atoms with Gasteiger partial charge in [0.2, 0.25) is 5.91 Å². The topological polar surface area (TPSA) is 146 Å². The van der Waals surface area contributed by atoms with Crippen LogP contribution in [0.25, 0.3) is 6.08 Å². The predicted molar refractivity (Wildman–Crippen MR) is 76.3 cm³/mol. The molecule has 0 aromatic carbocycles. The second kappa shape index (κ2) is 6.98. The first kappa shape index (κ1) is 15.9. The standard InChI is InChI=1S/C12H11N5O6/c18-10(3-1-9-2-4-12(23-9)17(21)22)14-5-6-15-8-13-7-11(15)16(19)20/h1-4,7-8H,5-6H2,(H,14,18). The maximum Gasteiger partial charge on any atom is 0.433 e. The number of carbonyl (C=O) groups excluding carboxylic acids is 1. The average Bonchev–Trinajstić information content (AvgIpc) is 3.14. The highest BCUT2D eigenvalue weighted by Gasteiger charge is 2.12. The fourth-order valence-electron chi connectivity index (χ4n) is 1.68. The van der Waals surface area contributed by atoms with Crippen LogP contribution in [0.4, 0.5) is 11.7 Å². The molecule has 11 heteroatoms. The number of rotatable bonds is 7. The zero-order chi connectivity index (χ0) is 16.8. The van der Waals surface area contributed by atoms with Gasteiger partial charge in [-0.15, -0.1) is 0 Å². The number of imidazole rings is 1. The smallest absolute Gasteiger partial charge is 0.401 e. The molecule has 0 aliphatic rings. The summed E-state index contributed by atoms with van der Waals surface area (Å²) < 4.78 is 6.14. The normalized spacial score (nSPS) is 10.8. The minimum atomic E-state index is -0.685. The van der Waals surface area contributed by atoms with Gasteiger partial charge in [-0.2, -0.15) is 0 Å². The highest BCUT2D eigenvalue weighted by molar-refractivity contribution is 5.91. The van der Waals surface area contributed by atoms with Crippen molar-refractivity contribution in [3.63, 3.8) is 0 Å². The molecule has 0 saturated heterocycles. The highest BCUT2D eigenvalue weighted by Crippen LogP contribution is 2.16. The lowest BCUT2D eigenvalue weighted by Crippen LogP contribution is -2.25. The van der Waals surface area contributed by atoms with Gasteiger partial charge in [-0.05, 0) is 17.1 Å². The Kier molecular flexibility index (Phi) is 4.82. The lowest BCUT2D eigenvalue weighted by atomic mass is 10.4. The Morgan fingerprint density at radius 3 is 2.78 bits per heavy atom. The highest BCUT2D eigenvalue weighted by atomic mass is 16.6. The van der Waals surface area contributed by atoms with Crippen LogP contribution in [0.3, 0.4) is 0 Å². The Morgan fingerprint density at radius 2 is 2.13 bits per heavy atom. The van der Waals surface area contributed by atoms with Crippen LogP contribution >= 0.6 is 0 Å². The Labute approximate surface area is 128 Å². The number of hydrogen-bond acceptors (Lipinski definition) is 7. The van der Waals surface area contributed by atoms with Crippen LogP contribution in [0.1, 0.15) is 5.76 Å². The van der Waals surface area contributed by atoms with E-state index in [0.29, 0.717) is 0 Å². The first-order valence-corrected chi connectivity index (χ1v) is 6.32. The van der Waals surface area contributed by atoms with Gasteiger partial charge in [0.25, 0.3) is 0 Å². The van der Waals surface area contributed by atoms with Gasteiger partial charge < -0.3 is 19.8 Å². The van der Waals surface area contributed by atoms with Gasteiger partial charge in [0, 0.05) is 6.08 Å². The van der Waals surface area contributed by atoms with Crippen molar-refractivity contribution in [3.8, 4) is 0 Å². The molecule has 2 aromatic heterocycles. The van der Waals surface area contributed by atoms with E-state index in [1.807, 2.05) is 0 Å². The van der Waals surface area contributed by atoms with Gasteiger partial charge in [-0.1, -0.05) is 0 Å². The van der Waals surface area contributed by atoms with E-state index in [0.717, 1.165) is 12.3 Å². The molecule has 1 N–H and O–H groups in total. The van der Waals surface area contributed by atoms with Crippen LogP contribution in [0.15, 0.2) is 35.2 Å². The summed E-state index contributed by atoms with van der Waals surface area (Å²) in [5.41, 5.74) is 0. The summed E-state index contributed by atoms with van der Waals surface area (Å²) in [7, 11) is 0. The molecule has 1 amide bonds. The molecule has 0 aliphatic heterocycles. The summed E-state index contributed by atoms with van der Waals surface area (Å²) >= 11 is 0. The first-order valence-electron chi connectivity index (χ1n) is 6.32. The number of hydrogen-bond donors (Lipinski definition) is 1. The number of aromatic nitrogens is 2. The lowest BCUT2D eigenvalue weighted by molar-refractivity contribution is -0.402. The molecular weight excluding hydrogens is 310 g/mol. The number of nitrogens with zero attached hydrogens (tertiary/aromatic N) is 4. The van der Waals surface area contributed by atoms with Crippen molar-refractivity contribution in [1.82, 2.24) is 14.9 Å². The molecule has 11 nitrogen and oxygen atoms in total. The Balaban J connectivity index is 1.82. The molecule has 23 heavy (non-hydrogen) atoms. The monoisotopic (exact) mass is 321 g/mol. The van der Waals surface area contributed by atoms with Crippen molar-refractivity contribution >= 4 is 23.7 Å². The number of amides is 1.